The van der Waals surface area contributed by atoms with Crippen molar-refractivity contribution in [2.24, 2.45) is 17.8 Å². The second-order valence-corrected chi connectivity index (χ2v) is 10.4. The van der Waals surface area contributed by atoms with Crippen LogP contribution in [0.4, 0.5) is 17.2 Å². The van der Waals surface area contributed by atoms with Crippen LogP contribution in [0.25, 0.3) is 10.9 Å². The summed E-state index contributed by atoms with van der Waals surface area (Å²) in [6.45, 7) is 2.85. The molecule has 39 heavy (non-hydrogen) atoms. The molecule has 0 unspecified atom stereocenters. The molecule has 3 heterocycles. The third-order valence-corrected chi connectivity index (χ3v) is 7.73. The number of anilines is 2. The first-order valence-electron chi connectivity index (χ1n) is 12.9. The molecule has 2 aromatic heterocycles. The van der Waals surface area contributed by atoms with Gasteiger partial charge >= 0.3 is 5.69 Å². The summed E-state index contributed by atoms with van der Waals surface area (Å²) < 4.78 is 11.8. The molecule has 1 aliphatic carbocycles. The molecule has 0 amide bonds. The quantitative estimate of drug-likeness (QED) is 0.206. The van der Waals surface area contributed by atoms with Crippen molar-refractivity contribution in [2.45, 2.75) is 19.4 Å². The fourth-order valence-electron chi connectivity index (χ4n) is 5.53. The minimum atomic E-state index is -0.427. The number of hydrogen-bond donors (Lipinski definition) is 2. The van der Waals surface area contributed by atoms with E-state index in [9.17, 15) is 10.1 Å². The summed E-state index contributed by atoms with van der Waals surface area (Å²) >= 11 is 6.46. The molecular weight excluding hydrogens is 520 g/mol. The number of rotatable bonds is 9. The van der Waals surface area contributed by atoms with Crippen LogP contribution in [-0.2, 0) is 6.61 Å². The summed E-state index contributed by atoms with van der Waals surface area (Å²) in [7, 11) is 0. The lowest BCUT2D eigenvalue weighted by Crippen LogP contribution is -2.16. The maximum Gasteiger partial charge on any atom is 0.311 e. The van der Waals surface area contributed by atoms with E-state index in [4.69, 9.17) is 21.1 Å². The molecule has 2 N–H and O–H groups in total. The van der Waals surface area contributed by atoms with E-state index >= 15 is 0 Å². The van der Waals surface area contributed by atoms with Crippen molar-refractivity contribution < 1.29 is 14.4 Å². The second kappa shape index (κ2) is 11.0. The molecule has 200 valence electrons. The normalized spacial score (nSPS) is 20.1. The summed E-state index contributed by atoms with van der Waals surface area (Å²) in [5.74, 6) is 2.93. The van der Waals surface area contributed by atoms with Gasteiger partial charge in [-0.2, -0.15) is 0 Å². The molecule has 3 atom stereocenters. The van der Waals surface area contributed by atoms with Crippen LogP contribution in [0, 0.1) is 27.9 Å². The molecule has 11 heteroatoms. The Morgan fingerprint density at radius 1 is 1.03 bits per heavy atom. The highest BCUT2D eigenvalue weighted by Gasteiger charge is 2.37. The van der Waals surface area contributed by atoms with Gasteiger partial charge in [-0.1, -0.05) is 17.7 Å². The highest BCUT2D eigenvalue weighted by Crippen LogP contribution is 2.40. The third kappa shape index (κ3) is 5.57. The Labute approximate surface area is 229 Å². The number of halogens is 1. The Kier molecular flexibility index (Phi) is 7.12. The zero-order chi connectivity index (χ0) is 26.8. The predicted octanol–water partition coefficient (Wildman–Crippen LogP) is 5.53. The van der Waals surface area contributed by atoms with E-state index in [1.165, 1.54) is 12.4 Å². The van der Waals surface area contributed by atoms with Crippen LogP contribution in [0.15, 0.2) is 61.1 Å². The molecule has 1 saturated heterocycles. The lowest BCUT2D eigenvalue weighted by atomic mass is 10.0. The highest BCUT2D eigenvalue weighted by molar-refractivity contribution is 6.32. The molecule has 2 aliphatic rings. The average molecular weight is 547 g/mol. The molecule has 6 rings (SSSR count). The molecule has 10 nitrogen and oxygen atoms in total. The topological polar surface area (TPSA) is 124 Å². The molecule has 2 aromatic carbocycles. The van der Waals surface area contributed by atoms with Crippen molar-refractivity contribution in [1.82, 2.24) is 20.3 Å². The van der Waals surface area contributed by atoms with E-state index in [2.05, 4.69) is 25.6 Å². The van der Waals surface area contributed by atoms with Gasteiger partial charge in [0.2, 0.25) is 0 Å². The van der Waals surface area contributed by atoms with Crippen LogP contribution < -0.4 is 20.1 Å². The van der Waals surface area contributed by atoms with Crippen molar-refractivity contribution in [3.05, 3.63) is 81.9 Å². The first-order chi connectivity index (χ1) is 19.0. The summed E-state index contributed by atoms with van der Waals surface area (Å²) in [6.07, 6.45) is 5.30. The first kappa shape index (κ1) is 25.3. The number of nitrogens with zero attached hydrogens (tertiary/aromatic N) is 4. The van der Waals surface area contributed by atoms with Gasteiger partial charge in [0.25, 0.3) is 0 Å². The van der Waals surface area contributed by atoms with Gasteiger partial charge in [-0.05, 0) is 74.0 Å². The largest absolute Gasteiger partial charge is 0.486 e. The number of pyridine rings is 1. The second-order valence-electron chi connectivity index (χ2n) is 10.0. The van der Waals surface area contributed by atoms with Crippen molar-refractivity contribution in [1.29, 1.82) is 0 Å². The van der Waals surface area contributed by atoms with Crippen molar-refractivity contribution in [3.8, 4) is 11.5 Å². The number of fused-ring (bicyclic) bond motifs is 2. The van der Waals surface area contributed by atoms with E-state index in [1.54, 1.807) is 30.5 Å². The zero-order valence-electron chi connectivity index (χ0n) is 21.0. The van der Waals surface area contributed by atoms with E-state index in [-0.39, 0.29) is 18.0 Å². The summed E-state index contributed by atoms with van der Waals surface area (Å²) in [6, 6.07) is 14.0. The van der Waals surface area contributed by atoms with Crippen LogP contribution >= 0.6 is 11.6 Å². The van der Waals surface area contributed by atoms with Gasteiger partial charge in [-0.3, -0.25) is 15.1 Å². The van der Waals surface area contributed by atoms with E-state index in [0.29, 0.717) is 57.5 Å². The summed E-state index contributed by atoms with van der Waals surface area (Å²) in [5, 5.41) is 19.5. The summed E-state index contributed by atoms with van der Waals surface area (Å²) in [4.78, 5) is 24.4. The van der Waals surface area contributed by atoms with Crippen LogP contribution in [0.3, 0.4) is 0 Å². The van der Waals surface area contributed by atoms with Gasteiger partial charge in [0.1, 0.15) is 24.5 Å². The van der Waals surface area contributed by atoms with Gasteiger partial charge in [0.15, 0.2) is 5.75 Å². The minimum Gasteiger partial charge on any atom is -0.486 e. The van der Waals surface area contributed by atoms with Crippen LogP contribution in [0.2, 0.25) is 5.02 Å². The van der Waals surface area contributed by atoms with Crippen LogP contribution in [-0.4, -0.2) is 39.6 Å². The summed E-state index contributed by atoms with van der Waals surface area (Å²) in [5.41, 5.74) is 1.87. The standard InChI is InChI=1S/C28H27ClN6O4/c29-23-9-20(4-5-26(23)39-15-21-3-1-2-6-31-21)34-28-22-10-25(35(36)37)27(11-24(22)32-16-33-28)38-14-17-7-18-12-30-13-19(18)8-17/h1-6,9-11,16-19,30H,7-8,12-15H2,(H,32,33,34)/t17-,18-,19+. The SMILES string of the molecule is O=[N+]([O-])c1cc2c(Nc3ccc(OCc4ccccn4)c(Cl)c3)ncnc2cc1OC[C@H]1C[C@H]2CNC[C@H]2C1. The molecule has 4 aromatic rings. The molecular formula is C28H27ClN6O4. The molecule has 0 radical (unpaired) electrons. The third-order valence-electron chi connectivity index (χ3n) is 7.44. The molecule has 0 bridgehead atoms. The number of aromatic nitrogens is 3. The number of hydrogen-bond acceptors (Lipinski definition) is 9. The van der Waals surface area contributed by atoms with Gasteiger partial charge in [0, 0.05) is 24.0 Å². The van der Waals surface area contributed by atoms with E-state index in [0.717, 1.165) is 31.6 Å². The van der Waals surface area contributed by atoms with Gasteiger partial charge in [-0.15, -0.1) is 0 Å². The van der Waals surface area contributed by atoms with Crippen molar-refractivity contribution in [2.75, 3.05) is 25.0 Å². The number of nitrogens with one attached hydrogen (secondary N) is 2. The van der Waals surface area contributed by atoms with Crippen molar-refractivity contribution >= 4 is 39.7 Å². The Hall–Kier alpha value is -4.02. The lowest BCUT2D eigenvalue weighted by molar-refractivity contribution is -0.385. The van der Waals surface area contributed by atoms with Gasteiger partial charge < -0.3 is 20.1 Å². The predicted molar refractivity (Wildman–Crippen MR) is 148 cm³/mol. The Morgan fingerprint density at radius 3 is 2.62 bits per heavy atom. The van der Waals surface area contributed by atoms with Gasteiger partial charge in [0.05, 0.1) is 33.1 Å². The van der Waals surface area contributed by atoms with E-state index < -0.39 is 4.92 Å². The molecule has 2 fully saturated rings. The Morgan fingerprint density at radius 2 is 1.87 bits per heavy atom. The number of benzene rings is 2. The molecule has 0 spiro atoms. The monoisotopic (exact) mass is 546 g/mol. The zero-order valence-corrected chi connectivity index (χ0v) is 21.8. The Balaban J connectivity index is 1.19. The fourth-order valence-corrected chi connectivity index (χ4v) is 5.77. The first-order valence-corrected chi connectivity index (χ1v) is 13.3. The van der Waals surface area contributed by atoms with Crippen LogP contribution in [0.5, 0.6) is 11.5 Å². The molecule has 1 aliphatic heterocycles. The fraction of sp³-hybridized carbons (Fsp3) is 0.321. The molecule has 1 saturated carbocycles. The smallest absolute Gasteiger partial charge is 0.311 e. The number of nitro benzene ring substituents is 1. The highest BCUT2D eigenvalue weighted by atomic mass is 35.5. The van der Waals surface area contributed by atoms with E-state index in [1.807, 2.05) is 18.2 Å². The maximum absolute atomic E-state index is 12.0. The average Bonchev–Trinajstić information content (AvgIpc) is 3.54. The number of nitro groups is 1. The van der Waals surface area contributed by atoms with Crippen molar-refractivity contribution in [3.63, 3.8) is 0 Å². The lowest BCUT2D eigenvalue weighted by Gasteiger charge is -2.15. The minimum absolute atomic E-state index is 0.114. The Bertz CT molecular complexity index is 1490. The van der Waals surface area contributed by atoms with Crippen LogP contribution in [0.1, 0.15) is 18.5 Å². The maximum atomic E-state index is 12.0. The van der Waals surface area contributed by atoms with Gasteiger partial charge in [-0.25, -0.2) is 9.97 Å². The number of ether oxygens (including phenoxy) is 2.